The van der Waals surface area contributed by atoms with E-state index in [9.17, 15) is 0 Å². The Morgan fingerprint density at radius 3 is 2.80 bits per heavy atom. The van der Waals surface area contributed by atoms with Crippen molar-refractivity contribution in [3.63, 3.8) is 0 Å². The van der Waals surface area contributed by atoms with Crippen LogP contribution in [-0.4, -0.2) is 19.3 Å². The van der Waals surface area contributed by atoms with Gasteiger partial charge in [-0.1, -0.05) is 0 Å². The number of nitrogens with zero attached hydrogens (tertiary/aromatic N) is 1. The lowest BCUT2D eigenvalue weighted by Crippen LogP contribution is -2.00. The third-order valence-electron chi connectivity index (χ3n) is 0.932. The van der Waals surface area contributed by atoms with Gasteiger partial charge in [-0.25, -0.2) is 4.99 Å². The van der Waals surface area contributed by atoms with Gasteiger partial charge in [0.1, 0.15) is 0 Å². The first-order valence-corrected chi connectivity index (χ1v) is 3.85. The van der Waals surface area contributed by atoms with Crippen LogP contribution in [0.15, 0.2) is 15.6 Å². The zero-order valence-corrected chi connectivity index (χ0v) is 7.71. The van der Waals surface area contributed by atoms with E-state index in [4.69, 9.17) is 11.6 Å². The lowest BCUT2D eigenvalue weighted by molar-refractivity contribution is 1.17. The zero-order valence-electron chi connectivity index (χ0n) is 6.06. The van der Waals surface area contributed by atoms with Crippen LogP contribution in [0.3, 0.4) is 0 Å². The third kappa shape index (κ3) is 3.80. The van der Waals surface area contributed by atoms with E-state index in [0.29, 0.717) is 5.88 Å². The number of aliphatic imine (C=N–C) groups is 1. The first-order valence-electron chi connectivity index (χ1n) is 2.86. The monoisotopic (exact) mass is 178 g/mol. The molecule has 0 amide bonds. The molecule has 2 nitrogen and oxygen atoms in total. The minimum atomic E-state index is 0.413. The Balaban J connectivity index is 4.04. The van der Waals surface area contributed by atoms with Crippen molar-refractivity contribution >= 4 is 30.6 Å². The molecule has 4 heteroatoms. The van der Waals surface area contributed by atoms with Crippen LogP contribution in [0, 0.1) is 0 Å². The lowest BCUT2D eigenvalue weighted by atomic mass is 10.5. The first kappa shape index (κ1) is 9.85. The topological polar surface area (TPSA) is 24.4 Å². The molecule has 0 aromatic carbocycles. The zero-order chi connectivity index (χ0) is 7.98. The average molecular weight is 179 g/mol. The van der Waals surface area contributed by atoms with E-state index in [0.717, 1.165) is 10.6 Å². The van der Waals surface area contributed by atoms with Crippen molar-refractivity contribution in [1.82, 2.24) is 5.32 Å². The predicted molar refractivity (Wildman–Crippen MR) is 50.0 cm³/mol. The van der Waals surface area contributed by atoms with E-state index < -0.39 is 0 Å². The van der Waals surface area contributed by atoms with Crippen molar-refractivity contribution in [1.29, 1.82) is 0 Å². The summed E-state index contributed by atoms with van der Waals surface area (Å²) in [6.45, 7) is 1.86. The van der Waals surface area contributed by atoms with Crippen LogP contribution >= 0.6 is 24.2 Å². The standard InChI is InChI=1S/C6H11ClN2S/c1-5(6(10)3-7)9-4-8-2/h4,10H,3H2,1-2H3,(H,8,9)/b6-5+. The summed E-state index contributed by atoms with van der Waals surface area (Å²) in [5, 5.41) is 2.77. The number of alkyl halides is 1. The minimum Gasteiger partial charge on any atom is -0.379 e. The summed E-state index contributed by atoms with van der Waals surface area (Å²) >= 11 is 9.60. The molecule has 0 saturated heterocycles. The highest BCUT2D eigenvalue weighted by atomic mass is 35.5. The smallest absolute Gasteiger partial charge is 0.0879 e. The number of thiol groups is 1. The van der Waals surface area contributed by atoms with Crippen LogP contribution in [0.4, 0.5) is 0 Å². The summed E-state index contributed by atoms with van der Waals surface area (Å²) in [6.07, 6.45) is 1.60. The van der Waals surface area contributed by atoms with Crippen molar-refractivity contribution in [3.05, 3.63) is 10.6 Å². The molecule has 10 heavy (non-hydrogen) atoms. The molecular weight excluding hydrogens is 168 g/mol. The van der Waals surface area contributed by atoms with Gasteiger partial charge >= 0.3 is 0 Å². The molecule has 1 N–H and O–H groups in total. The molecule has 0 rings (SSSR count). The molecule has 0 bridgehead atoms. The highest BCUT2D eigenvalue weighted by molar-refractivity contribution is 7.84. The van der Waals surface area contributed by atoms with E-state index in [1.54, 1.807) is 13.4 Å². The molecule has 0 radical (unpaired) electrons. The summed E-state index contributed by atoms with van der Waals surface area (Å²) in [7, 11) is 1.79. The minimum absolute atomic E-state index is 0.413. The molecule has 0 saturated carbocycles. The van der Waals surface area contributed by atoms with Crippen LogP contribution < -0.4 is 5.32 Å². The summed E-state index contributed by atoms with van der Waals surface area (Å²) in [4.78, 5) is 4.80. The van der Waals surface area contributed by atoms with Crippen molar-refractivity contribution in [2.45, 2.75) is 6.92 Å². The molecule has 58 valence electrons. The maximum absolute atomic E-state index is 5.50. The molecule has 0 aliphatic rings. The second kappa shape index (κ2) is 5.62. The second-order valence-electron chi connectivity index (χ2n) is 1.71. The predicted octanol–water partition coefficient (Wildman–Crippen LogP) is 1.63. The Bertz CT molecular complexity index is 154. The van der Waals surface area contributed by atoms with Gasteiger partial charge in [0.25, 0.3) is 0 Å². The Morgan fingerprint density at radius 2 is 2.40 bits per heavy atom. The fraction of sp³-hybridized carbons (Fsp3) is 0.500. The van der Waals surface area contributed by atoms with Gasteiger partial charge in [-0.05, 0) is 6.92 Å². The van der Waals surface area contributed by atoms with Crippen molar-refractivity contribution < 1.29 is 0 Å². The van der Waals surface area contributed by atoms with Crippen LogP contribution in [-0.2, 0) is 0 Å². The molecule has 0 aliphatic carbocycles. The number of allylic oxidation sites excluding steroid dienone is 2. The Kier molecular flexibility index (Phi) is 5.54. The molecule has 0 spiro atoms. The fourth-order valence-corrected chi connectivity index (χ4v) is 0.584. The van der Waals surface area contributed by atoms with Crippen LogP contribution in [0.1, 0.15) is 6.92 Å². The van der Waals surface area contributed by atoms with Gasteiger partial charge in [0, 0.05) is 17.6 Å². The molecular formula is C6H11ClN2S. The van der Waals surface area contributed by atoms with Gasteiger partial charge < -0.3 is 5.32 Å². The maximum Gasteiger partial charge on any atom is 0.0879 e. The summed E-state index contributed by atoms with van der Waals surface area (Å²) in [5.41, 5.74) is 0.840. The number of hydrogen-bond acceptors (Lipinski definition) is 2. The molecule has 0 fully saturated rings. The van der Waals surface area contributed by atoms with Gasteiger partial charge in [-0.15, -0.1) is 24.2 Å². The fourth-order valence-electron chi connectivity index (χ4n) is 0.333. The number of hydrogen-bond donors (Lipinski definition) is 2. The molecule has 0 aromatic heterocycles. The molecule has 0 aromatic rings. The van der Waals surface area contributed by atoms with Gasteiger partial charge in [0.15, 0.2) is 0 Å². The van der Waals surface area contributed by atoms with E-state index in [1.165, 1.54) is 0 Å². The number of rotatable bonds is 3. The maximum atomic E-state index is 5.50. The van der Waals surface area contributed by atoms with Crippen molar-refractivity contribution in [2.75, 3.05) is 12.9 Å². The van der Waals surface area contributed by atoms with E-state index in [-0.39, 0.29) is 0 Å². The van der Waals surface area contributed by atoms with Gasteiger partial charge in [-0.3, -0.25) is 0 Å². The third-order valence-corrected chi connectivity index (χ3v) is 1.87. The van der Waals surface area contributed by atoms with Crippen LogP contribution in [0.5, 0.6) is 0 Å². The van der Waals surface area contributed by atoms with Gasteiger partial charge in [0.05, 0.1) is 12.2 Å². The van der Waals surface area contributed by atoms with Crippen LogP contribution in [0.2, 0.25) is 0 Å². The normalized spacial score (nSPS) is 13.6. The largest absolute Gasteiger partial charge is 0.379 e. The quantitative estimate of drug-likeness (QED) is 0.292. The number of nitrogens with one attached hydrogen (secondary N) is 1. The van der Waals surface area contributed by atoms with E-state index >= 15 is 0 Å². The first-order chi connectivity index (χ1) is 4.72. The Labute approximate surface area is 71.8 Å². The van der Waals surface area contributed by atoms with Crippen molar-refractivity contribution in [2.24, 2.45) is 4.99 Å². The highest BCUT2D eigenvalue weighted by Gasteiger charge is 1.91. The SMILES string of the molecule is CN/C=N\C(C)=C(\S)CCl. The summed E-state index contributed by atoms with van der Waals surface area (Å²) in [6, 6.07) is 0. The highest BCUT2D eigenvalue weighted by Crippen LogP contribution is 2.10. The van der Waals surface area contributed by atoms with Crippen LogP contribution in [0.25, 0.3) is 0 Å². The van der Waals surface area contributed by atoms with Crippen molar-refractivity contribution in [3.8, 4) is 0 Å². The van der Waals surface area contributed by atoms with E-state index in [2.05, 4.69) is 22.9 Å². The summed E-state index contributed by atoms with van der Waals surface area (Å²) in [5.74, 6) is 0.413. The molecule has 0 aliphatic heterocycles. The second-order valence-corrected chi connectivity index (χ2v) is 2.52. The lowest BCUT2D eigenvalue weighted by Gasteiger charge is -1.95. The van der Waals surface area contributed by atoms with Gasteiger partial charge in [0.2, 0.25) is 0 Å². The Morgan fingerprint density at radius 1 is 1.80 bits per heavy atom. The number of halogens is 1. The molecule has 0 unspecified atom stereocenters. The summed E-state index contributed by atoms with van der Waals surface area (Å²) < 4.78 is 0. The Hall–Kier alpha value is -0.150. The molecule has 0 heterocycles. The van der Waals surface area contributed by atoms with E-state index in [1.807, 2.05) is 6.92 Å². The van der Waals surface area contributed by atoms with Gasteiger partial charge in [-0.2, -0.15) is 0 Å². The molecule has 0 atom stereocenters. The average Bonchev–Trinajstić information content (AvgIpc) is 1.98.